The predicted molar refractivity (Wildman–Crippen MR) is 126 cm³/mol. The van der Waals surface area contributed by atoms with E-state index in [2.05, 4.69) is 22.6 Å². The summed E-state index contributed by atoms with van der Waals surface area (Å²) >= 11 is 2.17. The van der Waals surface area contributed by atoms with Crippen molar-refractivity contribution in [2.75, 3.05) is 0 Å². The van der Waals surface area contributed by atoms with Crippen LogP contribution in [-0.4, -0.2) is 48.8 Å². The van der Waals surface area contributed by atoms with E-state index in [1.54, 1.807) is 44.5 Å². The Bertz CT molecular complexity index is 1410. The van der Waals surface area contributed by atoms with E-state index in [-0.39, 0.29) is 9.80 Å². The molecule has 4 rings (SSSR count). The molecule has 3 heterocycles. The van der Waals surface area contributed by atoms with Gasteiger partial charge >= 0.3 is 7.55 Å². The van der Waals surface area contributed by atoms with Gasteiger partial charge in [0.2, 0.25) is 0 Å². The van der Waals surface area contributed by atoms with E-state index < -0.39 is 26.3 Å². The highest BCUT2D eigenvalue weighted by molar-refractivity contribution is 14.1. The van der Waals surface area contributed by atoms with E-state index in [9.17, 15) is 25.9 Å². The second-order valence-corrected chi connectivity index (χ2v) is 11.6. The first kappa shape index (κ1) is 22.6. The van der Waals surface area contributed by atoms with Crippen LogP contribution in [0.4, 0.5) is 0 Å². The molecule has 2 aromatic rings. The molecule has 1 aromatic carbocycles. The third-order valence-corrected chi connectivity index (χ3v) is 8.83. The van der Waals surface area contributed by atoms with Crippen LogP contribution in [-0.2, 0) is 20.2 Å². The molecule has 0 aliphatic carbocycles. The Morgan fingerprint density at radius 2 is 1.58 bits per heavy atom. The normalized spacial score (nSPS) is 18.9. The summed E-state index contributed by atoms with van der Waals surface area (Å²) in [7, 11) is -7.33. The molecule has 2 aliphatic rings. The Kier molecular flexibility index (Phi) is 5.25. The van der Waals surface area contributed by atoms with E-state index >= 15 is 0 Å². The first-order valence-corrected chi connectivity index (χ1v) is 13.2. The van der Waals surface area contributed by atoms with E-state index in [1.807, 2.05) is 24.3 Å². The van der Waals surface area contributed by atoms with Crippen molar-refractivity contribution in [2.45, 2.75) is 38.6 Å². The van der Waals surface area contributed by atoms with Gasteiger partial charge in [-0.2, -0.15) is 16.8 Å². The summed E-state index contributed by atoms with van der Waals surface area (Å²) in [6.45, 7) is 6.47. The summed E-state index contributed by atoms with van der Waals surface area (Å²) in [5.41, 5.74) is 3.53. The van der Waals surface area contributed by atoms with Crippen LogP contribution in [0.25, 0.3) is 5.57 Å². The average Bonchev–Trinajstić information content (AvgIpc) is 3.05. The summed E-state index contributed by atoms with van der Waals surface area (Å²) in [5, 5.41) is 0. The molecule has 0 spiro atoms. The average molecular weight is 573 g/mol. The molecule has 0 bridgehead atoms. The Labute approximate surface area is 195 Å². The summed E-state index contributed by atoms with van der Waals surface area (Å²) in [6.07, 6.45) is 0. The number of aromatic nitrogens is 1. The van der Waals surface area contributed by atoms with Crippen molar-refractivity contribution in [1.82, 2.24) is 9.29 Å². The summed E-state index contributed by atoms with van der Waals surface area (Å²) < 4.78 is 70.8. The van der Waals surface area contributed by atoms with Crippen molar-refractivity contribution in [2.24, 2.45) is 0 Å². The molecule has 1 aromatic heterocycles. The second kappa shape index (κ2) is 7.20. The molecule has 31 heavy (non-hydrogen) atoms. The quantitative estimate of drug-likeness (QED) is 0.330. The zero-order chi connectivity index (χ0) is 23.0. The number of hydrogen-bond donors (Lipinski definition) is 2. The topological polar surface area (TPSA) is 117 Å². The number of halogens is 1. The van der Waals surface area contributed by atoms with Crippen molar-refractivity contribution < 1.29 is 25.9 Å². The standard InChI is InChI=1S/C19H19BIN2O6S2/c1-9-16-15(13-5-7-14(21)8-6-13)17-10(2)19(31(27,28)29)12(4)23(17)20-22(16)11(3)18(9)30(24,25)26/h5-8,11H,1-4H3,(H,24,25,26)(H,27,28,29). The Hall–Kier alpha value is -1.61. The molecule has 1 radical (unpaired) electrons. The smallest absolute Gasteiger partial charge is 0.391 e. The van der Waals surface area contributed by atoms with Gasteiger partial charge in [0.25, 0.3) is 20.2 Å². The van der Waals surface area contributed by atoms with E-state index in [0.717, 1.165) is 9.13 Å². The number of nitrogens with zero attached hydrogens (tertiary/aromatic N) is 2. The van der Waals surface area contributed by atoms with Gasteiger partial charge in [0.1, 0.15) is 4.90 Å². The molecule has 0 saturated heterocycles. The zero-order valence-corrected chi connectivity index (χ0v) is 20.9. The van der Waals surface area contributed by atoms with Gasteiger partial charge in [-0.3, -0.25) is 9.11 Å². The van der Waals surface area contributed by atoms with Gasteiger partial charge in [-0.25, -0.2) is 0 Å². The zero-order valence-electron chi connectivity index (χ0n) is 17.1. The number of rotatable bonds is 3. The third-order valence-electron chi connectivity index (χ3n) is 5.79. The number of hydrogen-bond acceptors (Lipinski definition) is 5. The molecule has 2 aliphatic heterocycles. The minimum absolute atomic E-state index is 0.0992. The molecule has 2 N–H and O–H groups in total. The van der Waals surface area contributed by atoms with Gasteiger partial charge in [-0.15, -0.1) is 0 Å². The summed E-state index contributed by atoms with van der Waals surface area (Å²) in [4.78, 5) is 1.43. The van der Waals surface area contributed by atoms with Crippen LogP contribution < -0.4 is 0 Å². The van der Waals surface area contributed by atoms with Gasteiger partial charge in [-0.1, -0.05) is 12.1 Å². The van der Waals surface area contributed by atoms with Gasteiger partial charge < -0.3 is 9.29 Å². The fourth-order valence-corrected chi connectivity index (χ4v) is 6.97. The summed E-state index contributed by atoms with van der Waals surface area (Å²) in [6, 6.07) is 6.83. The van der Waals surface area contributed by atoms with Gasteiger partial charge in [-0.05, 0) is 79.1 Å². The maximum atomic E-state index is 12.1. The van der Waals surface area contributed by atoms with Crippen LogP contribution in [0.5, 0.6) is 0 Å². The molecular weight excluding hydrogens is 554 g/mol. The predicted octanol–water partition coefficient (Wildman–Crippen LogP) is 2.98. The highest BCUT2D eigenvalue weighted by Crippen LogP contribution is 2.46. The van der Waals surface area contributed by atoms with E-state index in [4.69, 9.17) is 0 Å². The lowest BCUT2D eigenvalue weighted by Crippen LogP contribution is -2.41. The molecule has 12 heteroatoms. The van der Waals surface area contributed by atoms with Crippen molar-refractivity contribution in [3.05, 3.63) is 66.5 Å². The molecule has 1 unspecified atom stereocenters. The molecule has 0 fully saturated rings. The lowest BCUT2D eigenvalue weighted by Gasteiger charge is -2.34. The van der Waals surface area contributed by atoms with Gasteiger partial charge in [0.15, 0.2) is 0 Å². The maximum Gasteiger partial charge on any atom is 0.396 e. The first-order valence-electron chi connectivity index (χ1n) is 9.26. The molecule has 163 valence electrons. The highest BCUT2D eigenvalue weighted by Gasteiger charge is 2.44. The Morgan fingerprint density at radius 3 is 2.10 bits per heavy atom. The van der Waals surface area contributed by atoms with Crippen molar-refractivity contribution >= 4 is 55.9 Å². The fraction of sp³-hybridized carbons (Fsp3) is 0.263. The van der Waals surface area contributed by atoms with Crippen LogP contribution in [0.2, 0.25) is 0 Å². The monoisotopic (exact) mass is 573 g/mol. The summed E-state index contributed by atoms with van der Waals surface area (Å²) in [5.74, 6) is 0. The second-order valence-electron chi connectivity index (χ2n) is 7.63. The minimum Gasteiger partial charge on any atom is -0.391 e. The largest absolute Gasteiger partial charge is 0.396 e. The molecule has 0 amide bonds. The fourth-order valence-electron chi connectivity index (χ4n) is 4.62. The van der Waals surface area contributed by atoms with Crippen LogP contribution in [0.15, 0.2) is 45.3 Å². The number of benzene rings is 1. The van der Waals surface area contributed by atoms with E-state index in [0.29, 0.717) is 33.8 Å². The molecule has 8 nitrogen and oxygen atoms in total. The number of allylic oxidation sites excluding steroid dienone is 1. The molecule has 0 saturated carbocycles. The number of fused-ring (bicyclic) bond motifs is 2. The van der Waals surface area contributed by atoms with Crippen LogP contribution in [0, 0.1) is 17.4 Å². The third kappa shape index (κ3) is 3.39. The van der Waals surface area contributed by atoms with Crippen LogP contribution in [0.1, 0.15) is 36.4 Å². The first-order chi connectivity index (χ1) is 14.2. The minimum atomic E-state index is -4.49. The lowest BCUT2D eigenvalue weighted by molar-refractivity contribution is 0.467. The maximum absolute atomic E-state index is 12.1. The van der Waals surface area contributed by atoms with Crippen molar-refractivity contribution in [3.63, 3.8) is 0 Å². The highest BCUT2D eigenvalue weighted by atomic mass is 127. The van der Waals surface area contributed by atoms with Crippen molar-refractivity contribution in [3.8, 4) is 0 Å². The SMILES string of the molecule is CC1=C(S(=O)(=O)O)C(C)N2[B]n3c(C)c(S(=O)(=O)O)c(C)c3C(c3ccc(I)cc3)=C12. The van der Waals surface area contributed by atoms with Crippen LogP contribution in [0.3, 0.4) is 0 Å². The molecule has 1 atom stereocenters. The van der Waals surface area contributed by atoms with Gasteiger partial charge in [0.05, 0.1) is 10.9 Å². The Morgan fingerprint density at radius 1 is 1.00 bits per heavy atom. The lowest BCUT2D eigenvalue weighted by atomic mass is 9.88. The Balaban J connectivity index is 2.17. The van der Waals surface area contributed by atoms with E-state index in [1.165, 1.54) is 0 Å². The van der Waals surface area contributed by atoms with Crippen LogP contribution >= 0.6 is 22.6 Å². The van der Waals surface area contributed by atoms with Gasteiger partial charge in [0, 0.05) is 26.2 Å². The molecular formula is C19H19BIN2O6S2. The van der Waals surface area contributed by atoms with Crippen molar-refractivity contribution in [1.29, 1.82) is 0 Å².